The van der Waals surface area contributed by atoms with Crippen LogP contribution < -0.4 is 0 Å². The summed E-state index contributed by atoms with van der Waals surface area (Å²) in [5.41, 5.74) is 0. The molecule has 0 aromatic heterocycles. The minimum atomic E-state index is 0.152. The largest absolute Gasteiger partial charge is 0.379 e. The second-order valence-corrected chi connectivity index (χ2v) is 4.31. The van der Waals surface area contributed by atoms with Gasteiger partial charge in [0, 0.05) is 26.2 Å². The molecular formula is C14H20N2O2. The standard InChI is InChI=1S/C14H20N2O2/c1-2-3-4-5-14(15-6-10-17-11-7-15)16-8-12-18-13-9-16/h14H,6-13H2,1H3. The van der Waals surface area contributed by atoms with Gasteiger partial charge in [0.05, 0.1) is 26.4 Å². The van der Waals surface area contributed by atoms with Gasteiger partial charge in [0.15, 0.2) is 0 Å². The number of hydrogen-bond acceptors (Lipinski definition) is 4. The van der Waals surface area contributed by atoms with Crippen LogP contribution in [0, 0.1) is 23.7 Å². The van der Waals surface area contributed by atoms with Crippen molar-refractivity contribution >= 4 is 0 Å². The summed E-state index contributed by atoms with van der Waals surface area (Å²) in [6, 6.07) is 0. The molecule has 0 aromatic carbocycles. The zero-order valence-electron chi connectivity index (χ0n) is 10.9. The van der Waals surface area contributed by atoms with E-state index in [1.165, 1.54) is 0 Å². The van der Waals surface area contributed by atoms with Crippen LogP contribution >= 0.6 is 0 Å². The second-order valence-electron chi connectivity index (χ2n) is 4.31. The highest BCUT2D eigenvalue weighted by Gasteiger charge is 2.26. The van der Waals surface area contributed by atoms with Gasteiger partial charge in [-0.2, -0.15) is 0 Å². The van der Waals surface area contributed by atoms with Crippen LogP contribution in [-0.2, 0) is 9.47 Å². The van der Waals surface area contributed by atoms with Crippen LogP contribution in [0.4, 0.5) is 0 Å². The fourth-order valence-corrected chi connectivity index (χ4v) is 2.22. The molecular weight excluding hydrogens is 228 g/mol. The molecule has 0 saturated carbocycles. The number of morpholine rings is 2. The van der Waals surface area contributed by atoms with Gasteiger partial charge in [-0.15, -0.1) is 0 Å². The van der Waals surface area contributed by atoms with Gasteiger partial charge in [0.25, 0.3) is 0 Å². The van der Waals surface area contributed by atoms with Crippen molar-refractivity contribution in [3.05, 3.63) is 0 Å². The van der Waals surface area contributed by atoms with Crippen molar-refractivity contribution in [3.8, 4) is 23.7 Å². The normalized spacial score (nSPS) is 21.9. The number of ether oxygens (including phenoxy) is 2. The SMILES string of the molecule is CC#CC#CC(N1CCOCC1)N1CCOCC1. The lowest BCUT2D eigenvalue weighted by atomic mass is 10.3. The Kier molecular flexibility index (Phi) is 5.51. The average Bonchev–Trinajstić information content (AvgIpc) is 2.46. The summed E-state index contributed by atoms with van der Waals surface area (Å²) >= 11 is 0. The molecule has 2 aliphatic rings. The highest BCUT2D eigenvalue weighted by molar-refractivity contribution is 5.27. The van der Waals surface area contributed by atoms with Crippen LogP contribution in [0.3, 0.4) is 0 Å². The van der Waals surface area contributed by atoms with E-state index in [-0.39, 0.29) is 6.17 Å². The van der Waals surface area contributed by atoms with Crippen molar-refractivity contribution < 1.29 is 9.47 Å². The van der Waals surface area contributed by atoms with Gasteiger partial charge >= 0.3 is 0 Å². The Bertz CT molecular complexity index is 345. The lowest BCUT2D eigenvalue weighted by Crippen LogP contribution is -2.54. The molecule has 0 spiro atoms. The third-order valence-corrected chi connectivity index (χ3v) is 3.17. The summed E-state index contributed by atoms with van der Waals surface area (Å²) in [6.45, 7) is 8.75. The Balaban J connectivity index is 2.04. The van der Waals surface area contributed by atoms with Crippen LogP contribution in [-0.4, -0.2) is 68.6 Å². The van der Waals surface area contributed by atoms with Crippen molar-refractivity contribution in [2.45, 2.75) is 13.1 Å². The lowest BCUT2D eigenvalue weighted by Gasteiger charge is -2.39. The fraction of sp³-hybridized carbons (Fsp3) is 0.714. The van der Waals surface area contributed by atoms with Crippen molar-refractivity contribution in [1.29, 1.82) is 0 Å². The topological polar surface area (TPSA) is 24.9 Å². The molecule has 0 bridgehead atoms. The summed E-state index contributed by atoms with van der Waals surface area (Å²) in [6.07, 6.45) is 0.152. The molecule has 2 rings (SSSR count). The summed E-state index contributed by atoms with van der Waals surface area (Å²) in [4.78, 5) is 4.75. The Morgan fingerprint density at radius 1 is 0.833 bits per heavy atom. The first kappa shape index (κ1) is 13.4. The van der Waals surface area contributed by atoms with Crippen molar-refractivity contribution in [1.82, 2.24) is 9.80 Å². The summed E-state index contributed by atoms with van der Waals surface area (Å²) in [5.74, 6) is 11.9. The highest BCUT2D eigenvalue weighted by atomic mass is 16.5. The van der Waals surface area contributed by atoms with Gasteiger partial charge in [0.2, 0.25) is 0 Å². The molecule has 4 heteroatoms. The predicted octanol–water partition coefficient (Wildman–Crippen LogP) is 0.00360. The molecule has 0 atom stereocenters. The Labute approximate surface area is 109 Å². The van der Waals surface area contributed by atoms with Gasteiger partial charge < -0.3 is 9.47 Å². The zero-order valence-corrected chi connectivity index (χ0v) is 10.9. The first-order chi connectivity index (χ1) is 8.92. The third kappa shape index (κ3) is 3.73. The monoisotopic (exact) mass is 248 g/mol. The molecule has 0 unspecified atom stereocenters. The maximum atomic E-state index is 5.40. The van der Waals surface area contributed by atoms with Crippen LogP contribution in [0.25, 0.3) is 0 Å². The smallest absolute Gasteiger partial charge is 0.127 e. The molecule has 2 heterocycles. The fourth-order valence-electron chi connectivity index (χ4n) is 2.22. The zero-order chi connectivity index (χ0) is 12.6. The van der Waals surface area contributed by atoms with Gasteiger partial charge in [-0.1, -0.05) is 11.8 Å². The van der Waals surface area contributed by atoms with Crippen molar-refractivity contribution in [2.75, 3.05) is 52.6 Å². The van der Waals surface area contributed by atoms with Crippen molar-refractivity contribution in [3.63, 3.8) is 0 Å². The maximum Gasteiger partial charge on any atom is 0.127 e. The lowest BCUT2D eigenvalue weighted by molar-refractivity contribution is -0.0458. The molecule has 4 nitrogen and oxygen atoms in total. The molecule has 0 aromatic rings. The molecule has 2 fully saturated rings. The minimum absolute atomic E-state index is 0.152. The Morgan fingerprint density at radius 3 is 1.78 bits per heavy atom. The molecule has 2 saturated heterocycles. The minimum Gasteiger partial charge on any atom is -0.379 e. The van der Waals surface area contributed by atoms with E-state index in [0.717, 1.165) is 52.6 Å². The predicted molar refractivity (Wildman–Crippen MR) is 69.8 cm³/mol. The van der Waals surface area contributed by atoms with Crippen LogP contribution in [0.2, 0.25) is 0 Å². The first-order valence-corrected chi connectivity index (χ1v) is 6.47. The number of nitrogens with zero attached hydrogens (tertiary/aromatic N) is 2. The molecule has 0 amide bonds. The Morgan fingerprint density at radius 2 is 1.33 bits per heavy atom. The summed E-state index contributed by atoms with van der Waals surface area (Å²) in [5, 5.41) is 0. The van der Waals surface area contributed by atoms with E-state index >= 15 is 0 Å². The molecule has 0 N–H and O–H groups in total. The van der Waals surface area contributed by atoms with E-state index in [1.807, 2.05) is 6.92 Å². The van der Waals surface area contributed by atoms with E-state index in [4.69, 9.17) is 9.47 Å². The molecule has 18 heavy (non-hydrogen) atoms. The average molecular weight is 248 g/mol. The van der Waals surface area contributed by atoms with E-state index in [1.54, 1.807) is 0 Å². The van der Waals surface area contributed by atoms with Gasteiger partial charge in [0.1, 0.15) is 6.17 Å². The van der Waals surface area contributed by atoms with E-state index in [2.05, 4.69) is 33.5 Å². The maximum absolute atomic E-state index is 5.40. The van der Waals surface area contributed by atoms with Gasteiger partial charge in [-0.05, 0) is 18.8 Å². The number of rotatable bonds is 2. The first-order valence-electron chi connectivity index (χ1n) is 6.47. The van der Waals surface area contributed by atoms with Crippen molar-refractivity contribution in [2.24, 2.45) is 0 Å². The molecule has 0 radical (unpaired) electrons. The van der Waals surface area contributed by atoms with Crippen LogP contribution in [0.5, 0.6) is 0 Å². The quantitative estimate of drug-likeness (QED) is 0.642. The number of hydrogen-bond donors (Lipinski definition) is 0. The molecule has 0 aliphatic carbocycles. The third-order valence-electron chi connectivity index (χ3n) is 3.17. The summed E-state index contributed by atoms with van der Waals surface area (Å²) in [7, 11) is 0. The van der Waals surface area contributed by atoms with Crippen LogP contribution in [0.1, 0.15) is 6.92 Å². The highest BCUT2D eigenvalue weighted by Crippen LogP contribution is 2.10. The Hall–Kier alpha value is -1.04. The van der Waals surface area contributed by atoms with Crippen LogP contribution in [0.15, 0.2) is 0 Å². The van der Waals surface area contributed by atoms with E-state index in [9.17, 15) is 0 Å². The summed E-state index contributed by atoms with van der Waals surface area (Å²) < 4.78 is 10.8. The molecule has 98 valence electrons. The van der Waals surface area contributed by atoms with E-state index < -0.39 is 0 Å². The van der Waals surface area contributed by atoms with Gasteiger partial charge in [-0.3, -0.25) is 9.80 Å². The van der Waals surface area contributed by atoms with E-state index in [0.29, 0.717) is 0 Å². The second kappa shape index (κ2) is 7.41. The van der Waals surface area contributed by atoms with Gasteiger partial charge in [-0.25, -0.2) is 0 Å². The molecule has 2 aliphatic heterocycles.